The molecule has 0 amide bonds. The van der Waals surface area contributed by atoms with Gasteiger partial charge in [-0.2, -0.15) is 8.42 Å². The first kappa shape index (κ1) is 24.7. The lowest BCUT2D eigenvalue weighted by Gasteiger charge is -2.35. The van der Waals surface area contributed by atoms with Crippen LogP contribution in [-0.4, -0.2) is 47.8 Å². The number of ether oxygens (including phenoxy) is 2. The van der Waals surface area contributed by atoms with Crippen molar-refractivity contribution in [2.24, 2.45) is 0 Å². The monoisotopic (exact) mass is 499 g/mol. The molecule has 1 aliphatic heterocycles. The van der Waals surface area contributed by atoms with Crippen LogP contribution in [0.25, 0.3) is 5.65 Å². The molecule has 4 rings (SSSR count). The first-order valence-electron chi connectivity index (χ1n) is 11.4. The molecule has 1 aromatic carbocycles. The fraction of sp³-hybridized carbons (Fsp3) is 0.400. The normalized spacial score (nSPS) is 16.0. The van der Waals surface area contributed by atoms with Gasteiger partial charge in [-0.15, -0.1) is 0 Å². The molecule has 35 heavy (non-hydrogen) atoms. The van der Waals surface area contributed by atoms with Gasteiger partial charge in [0.05, 0.1) is 24.8 Å². The Bertz CT molecular complexity index is 1370. The molecule has 186 valence electrons. The Balaban J connectivity index is 1.73. The van der Waals surface area contributed by atoms with Crippen molar-refractivity contribution < 1.29 is 27.5 Å². The van der Waals surface area contributed by atoms with Gasteiger partial charge in [-0.3, -0.25) is 13.5 Å². The van der Waals surface area contributed by atoms with Crippen molar-refractivity contribution in [1.82, 2.24) is 9.38 Å². The Labute approximate surface area is 204 Å². The van der Waals surface area contributed by atoms with E-state index in [1.54, 1.807) is 63.4 Å². The molecule has 0 saturated carbocycles. The molecule has 10 heteroatoms. The number of sulfonamides is 1. The Hall–Kier alpha value is -3.40. The van der Waals surface area contributed by atoms with Crippen molar-refractivity contribution in [1.29, 1.82) is 0 Å². The van der Waals surface area contributed by atoms with Crippen molar-refractivity contribution in [3.63, 3.8) is 0 Å². The number of hydrogen-bond donors (Lipinski definition) is 0. The number of rotatable bonds is 7. The smallest absolute Gasteiger partial charge is 0.310 e. The molecule has 0 fully saturated rings. The first-order valence-corrected chi connectivity index (χ1v) is 12.8. The summed E-state index contributed by atoms with van der Waals surface area (Å²) in [6.45, 7) is 6.89. The minimum Gasteiger partial charge on any atom is -0.486 e. The Morgan fingerprint density at radius 2 is 1.97 bits per heavy atom. The molecule has 0 spiro atoms. The molecule has 2 aromatic heterocycles. The predicted molar refractivity (Wildman–Crippen MR) is 130 cm³/mol. The number of aromatic nitrogens is 2. The number of carbonyl (C=O) groups excluding carboxylic acids is 2. The summed E-state index contributed by atoms with van der Waals surface area (Å²) in [5, 5.41) is 0.0174. The van der Waals surface area contributed by atoms with E-state index in [0.29, 0.717) is 29.1 Å². The number of nitrogens with zero attached hydrogens (tertiary/aromatic N) is 3. The summed E-state index contributed by atoms with van der Waals surface area (Å²) in [7, 11) is -4.05. The number of hydrogen-bond acceptors (Lipinski definition) is 7. The number of esters is 1. The van der Waals surface area contributed by atoms with Crippen LogP contribution in [0.15, 0.2) is 53.8 Å². The molecule has 1 atom stereocenters. The van der Waals surface area contributed by atoms with Crippen molar-refractivity contribution in [2.45, 2.75) is 63.7 Å². The summed E-state index contributed by atoms with van der Waals surface area (Å²) in [5.41, 5.74) is 0.807. The van der Waals surface area contributed by atoms with Crippen LogP contribution in [0.2, 0.25) is 0 Å². The number of Topliss-reactive ketones (excluding diaryl/α,β-unsaturated/α-hetero) is 1. The van der Waals surface area contributed by atoms with Crippen LogP contribution in [-0.2, 0) is 30.8 Å². The highest BCUT2D eigenvalue weighted by molar-refractivity contribution is 7.92. The maximum atomic E-state index is 13.9. The van der Waals surface area contributed by atoms with E-state index >= 15 is 0 Å². The van der Waals surface area contributed by atoms with Crippen LogP contribution >= 0.6 is 0 Å². The molecule has 0 aliphatic carbocycles. The fourth-order valence-corrected chi connectivity index (χ4v) is 5.55. The summed E-state index contributed by atoms with van der Waals surface area (Å²) < 4.78 is 42.0. The molecular weight excluding hydrogens is 470 g/mol. The van der Waals surface area contributed by atoms with Crippen molar-refractivity contribution in [3.05, 3.63) is 54.4 Å². The zero-order chi connectivity index (χ0) is 25.4. The van der Waals surface area contributed by atoms with Gasteiger partial charge in [-0.25, -0.2) is 4.98 Å². The van der Waals surface area contributed by atoms with Crippen LogP contribution in [0.1, 0.15) is 46.1 Å². The van der Waals surface area contributed by atoms with E-state index in [9.17, 15) is 18.0 Å². The van der Waals surface area contributed by atoms with Gasteiger partial charge in [0.2, 0.25) is 0 Å². The maximum absolute atomic E-state index is 13.9. The van der Waals surface area contributed by atoms with Crippen molar-refractivity contribution >= 4 is 33.1 Å². The standard InChI is InChI=1S/C25H29N3O6S/c1-17(29)8-10-19-16-28(35(31,32)23-15-26-22-7-5-6-12-27(22)23)20-13-18(9-11-21(20)33-19)14-24(30)34-25(2,3)4/h5-7,9,11-13,15,19H,8,10,14,16H2,1-4H3/t19-/m0/s1. The lowest BCUT2D eigenvalue weighted by molar-refractivity contribution is -0.153. The molecule has 0 saturated heterocycles. The largest absolute Gasteiger partial charge is 0.486 e. The van der Waals surface area contributed by atoms with Gasteiger partial charge in [0.1, 0.15) is 28.9 Å². The zero-order valence-electron chi connectivity index (χ0n) is 20.2. The molecule has 3 heterocycles. The maximum Gasteiger partial charge on any atom is 0.310 e. The van der Waals surface area contributed by atoms with E-state index in [1.807, 2.05) is 0 Å². The molecule has 9 nitrogen and oxygen atoms in total. The minimum absolute atomic E-state index is 0.00305. The van der Waals surface area contributed by atoms with Crippen molar-refractivity contribution in [2.75, 3.05) is 10.8 Å². The van der Waals surface area contributed by atoms with Crippen LogP contribution in [0.4, 0.5) is 5.69 Å². The van der Waals surface area contributed by atoms with Crippen LogP contribution in [0, 0.1) is 0 Å². The predicted octanol–water partition coefficient (Wildman–Crippen LogP) is 3.54. The quantitative estimate of drug-likeness (QED) is 0.458. The third-order valence-electron chi connectivity index (χ3n) is 5.48. The van der Waals surface area contributed by atoms with Crippen LogP contribution in [0.5, 0.6) is 5.75 Å². The van der Waals surface area contributed by atoms with Gasteiger partial charge >= 0.3 is 5.97 Å². The lowest BCUT2D eigenvalue weighted by atomic mass is 10.1. The molecule has 0 radical (unpaired) electrons. The zero-order valence-corrected chi connectivity index (χ0v) is 21.0. The van der Waals surface area contributed by atoms with Crippen LogP contribution in [0.3, 0.4) is 0 Å². The summed E-state index contributed by atoms with van der Waals surface area (Å²) in [6.07, 6.45) is 3.12. The SMILES string of the molecule is CC(=O)CC[C@H]1CN(S(=O)(=O)c2cnc3ccccn23)c2cc(CC(=O)OC(C)(C)C)ccc2O1. The molecular formula is C25H29N3O6S. The third-order valence-corrected chi connectivity index (χ3v) is 7.24. The van der Waals surface area contributed by atoms with Gasteiger partial charge in [-0.1, -0.05) is 12.1 Å². The fourth-order valence-electron chi connectivity index (χ4n) is 3.97. The van der Waals surface area contributed by atoms with Gasteiger partial charge in [0.15, 0.2) is 5.03 Å². The number of imidazole rings is 1. The van der Waals surface area contributed by atoms with Gasteiger partial charge in [0.25, 0.3) is 10.0 Å². The molecule has 1 aliphatic rings. The number of ketones is 1. The second-order valence-corrected chi connectivity index (χ2v) is 11.4. The molecule has 3 aromatic rings. The topological polar surface area (TPSA) is 107 Å². The number of carbonyl (C=O) groups is 2. The highest BCUT2D eigenvalue weighted by Gasteiger charge is 2.36. The highest BCUT2D eigenvalue weighted by Crippen LogP contribution is 2.39. The number of fused-ring (bicyclic) bond motifs is 2. The lowest BCUT2D eigenvalue weighted by Crippen LogP contribution is -2.44. The second kappa shape index (κ2) is 9.33. The first-order chi connectivity index (χ1) is 16.4. The number of benzene rings is 1. The van der Waals surface area contributed by atoms with E-state index < -0.39 is 27.7 Å². The van der Waals surface area contributed by atoms with Gasteiger partial charge in [-0.05, 0) is 63.9 Å². The average Bonchev–Trinajstić information content (AvgIpc) is 3.21. The second-order valence-electron chi connectivity index (χ2n) is 9.61. The van der Waals surface area contributed by atoms with Crippen LogP contribution < -0.4 is 9.04 Å². The summed E-state index contributed by atoms with van der Waals surface area (Å²) in [4.78, 5) is 28.2. The molecule has 0 unspecified atom stereocenters. The van der Waals surface area contributed by atoms with E-state index in [0.717, 1.165) is 0 Å². The summed E-state index contributed by atoms with van der Waals surface area (Å²) >= 11 is 0. The molecule has 0 bridgehead atoms. The van der Waals surface area contributed by atoms with E-state index in [2.05, 4.69) is 4.98 Å². The Morgan fingerprint density at radius 3 is 2.69 bits per heavy atom. The molecule has 0 N–H and O–H groups in total. The van der Waals surface area contributed by atoms with E-state index in [-0.39, 0.29) is 30.2 Å². The van der Waals surface area contributed by atoms with Gasteiger partial charge < -0.3 is 14.3 Å². The summed E-state index contributed by atoms with van der Waals surface area (Å²) in [5.74, 6) is -0.0388. The van der Waals surface area contributed by atoms with E-state index in [1.165, 1.54) is 21.8 Å². The third kappa shape index (κ3) is 5.48. The highest BCUT2D eigenvalue weighted by atomic mass is 32.2. The minimum atomic E-state index is -4.05. The number of pyridine rings is 1. The van der Waals surface area contributed by atoms with E-state index in [4.69, 9.17) is 9.47 Å². The van der Waals surface area contributed by atoms with Gasteiger partial charge in [0, 0.05) is 12.6 Å². The summed E-state index contributed by atoms with van der Waals surface area (Å²) in [6, 6.07) is 10.3. The van der Waals surface area contributed by atoms with Crippen molar-refractivity contribution in [3.8, 4) is 5.75 Å². The Kier molecular flexibility index (Phi) is 6.59. The number of anilines is 1. The Morgan fingerprint density at radius 1 is 1.20 bits per heavy atom. The average molecular weight is 500 g/mol.